The molecule has 3 aromatic rings. The number of halogens is 2. The molecule has 1 fully saturated rings. The van der Waals surface area contributed by atoms with Crippen LogP contribution in [0, 0.1) is 11.6 Å². The maximum absolute atomic E-state index is 13.8. The predicted octanol–water partition coefficient (Wildman–Crippen LogP) is 3.12. The van der Waals surface area contributed by atoms with Crippen LogP contribution in [-0.4, -0.2) is 22.1 Å². The largest absolute Gasteiger partial charge is 0.347 e. The highest BCUT2D eigenvalue weighted by molar-refractivity contribution is 5.82. The number of benzene rings is 2. The SMILES string of the molecule is O=C(NCc1noc(-c2c(F)cccc2F)n1)[C@H]1CC[C@H](c2ccccc2)N1. The zero-order valence-electron chi connectivity index (χ0n) is 14.9. The Labute approximate surface area is 160 Å². The Balaban J connectivity index is 1.35. The zero-order valence-corrected chi connectivity index (χ0v) is 14.9. The van der Waals surface area contributed by atoms with E-state index in [1.54, 1.807) is 0 Å². The number of nitrogens with one attached hydrogen (secondary N) is 2. The minimum absolute atomic E-state index is 0.00654. The maximum Gasteiger partial charge on any atom is 0.263 e. The van der Waals surface area contributed by atoms with Crippen LogP contribution >= 0.6 is 0 Å². The second-order valence-corrected chi connectivity index (χ2v) is 6.59. The number of amides is 1. The Morgan fingerprint density at radius 1 is 1.11 bits per heavy atom. The third-order valence-corrected chi connectivity index (χ3v) is 4.73. The van der Waals surface area contributed by atoms with Gasteiger partial charge in [0.1, 0.15) is 17.2 Å². The number of aromatic nitrogens is 2. The molecule has 28 heavy (non-hydrogen) atoms. The Morgan fingerprint density at radius 3 is 2.61 bits per heavy atom. The predicted molar refractivity (Wildman–Crippen MR) is 96.8 cm³/mol. The first-order chi connectivity index (χ1) is 13.6. The van der Waals surface area contributed by atoms with Crippen molar-refractivity contribution in [2.45, 2.75) is 31.5 Å². The normalized spacial score (nSPS) is 18.9. The lowest BCUT2D eigenvalue weighted by Crippen LogP contribution is -2.40. The molecule has 4 rings (SSSR count). The Hall–Kier alpha value is -3.13. The van der Waals surface area contributed by atoms with Crippen molar-refractivity contribution < 1.29 is 18.1 Å². The highest BCUT2D eigenvalue weighted by Crippen LogP contribution is 2.26. The quantitative estimate of drug-likeness (QED) is 0.707. The van der Waals surface area contributed by atoms with Gasteiger partial charge in [0.2, 0.25) is 5.91 Å². The monoisotopic (exact) mass is 384 g/mol. The molecule has 0 unspecified atom stereocenters. The molecule has 1 saturated heterocycles. The molecule has 2 heterocycles. The first-order valence-electron chi connectivity index (χ1n) is 8.97. The molecule has 0 aliphatic carbocycles. The maximum atomic E-state index is 13.8. The first-order valence-corrected chi connectivity index (χ1v) is 8.97. The fourth-order valence-corrected chi connectivity index (χ4v) is 3.32. The smallest absolute Gasteiger partial charge is 0.263 e. The van der Waals surface area contributed by atoms with E-state index < -0.39 is 11.6 Å². The fourth-order valence-electron chi connectivity index (χ4n) is 3.32. The Morgan fingerprint density at radius 2 is 1.86 bits per heavy atom. The molecule has 0 saturated carbocycles. The second-order valence-electron chi connectivity index (χ2n) is 6.59. The molecule has 1 aliphatic rings. The van der Waals surface area contributed by atoms with E-state index in [-0.39, 0.29) is 41.8 Å². The van der Waals surface area contributed by atoms with Crippen LogP contribution in [0.3, 0.4) is 0 Å². The highest BCUT2D eigenvalue weighted by atomic mass is 19.1. The van der Waals surface area contributed by atoms with Gasteiger partial charge >= 0.3 is 0 Å². The summed E-state index contributed by atoms with van der Waals surface area (Å²) in [6, 6.07) is 13.2. The second kappa shape index (κ2) is 7.85. The molecule has 0 bridgehead atoms. The number of carbonyl (C=O) groups is 1. The fraction of sp³-hybridized carbons (Fsp3) is 0.250. The molecule has 6 nitrogen and oxygen atoms in total. The lowest BCUT2D eigenvalue weighted by Gasteiger charge is -2.14. The summed E-state index contributed by atoms with van der Waals surface area (Å²) in [5.41, 5.74) is 0.767. The minimum atomic E-state index is -0.790. The molecular formula is C20H18F2N4O2. The van der Waals surface area contributed by atoms with Crippen LogP contribution in [0.4, 0.5) is 8.78 Å². The van der Waals surface area contributed by atoms with E-state index in [4.69, 9.17) is 4.52 Å². The van der Waals surface area contributed by atoms with Crippen molar-refractivity contribution in [3.05, 3.63) is 71.6 Å². The molecule has 0 spiro atoms. The highest BCUT2D eigenvalue weighted by Gasteiger charge is 2.29. The van der Waals surface area contributed by atoms with Gasteiger partial charge in [0.05, 0.1) is 12.6 Å². The Bertz CT molecular complexity index is 957. The van der Waals surface area contributed by atoms with Crippen molar-refractivity contribution in [2.75, 3.05) is 0 Å². The molecule has 1 aromatic heterocycles. The molecular weight excluding hydrogens is 366 g/mol. The number of hydrogen-bond acceptors (Lipinski definition) is 5. The first kappa shape index (κ1) is 18.2. The lowest BCUT2D eigenvalue weighted by molar-refractivity contribution is -0.123. The minimum Gasteiger partial charge on any atom is -0.347 e. The van der Waals surface area contributed by atoms with Gasteiger partial charge in [-0.05, 0) is 30.5 Å². The van der Waals surface area contributed by atoms with Crippen molar-refractivity contribution in [1.29, 1.82) is 0 Å². The van der Waals surface area contributed by atoms with E-state index in [1.165, 1.54) is 6.07 Å². The average Bonchev–Trinajstić information content (AvgIpc) is 3.37. The molecule has 1 aliphatic heterocycles. The summed E-state index contributed by atoms with van der Waals surface area (Å²) in [4.78, 5) is 16.4. The molecule has 1 amide bonds. The van der Waals surface area contributed by atoms with E-state index in [0.717, 1.165) is 24.1 Å². The molecule has 0 radical (unpaired) electrons. The van der Waals surface area contributed by atoms with Crippen molar-refractivity contribution in [2.24, 2.45) is 0 Å². The summed E-state index contributed by atoms with van der Waals surface area (Å²) in [5, 5.41) is 9.73. The van der Waals surface area contributed by atoms with Crippen molar-refractivity contribution >= 4 is 5.91 Å². The van der Waals surface area contributed by atoms with Crippen molar-refractivity contribution in [1.82, 2.24) is 20.8 Å². The summed E-state index contributed by atoms with van der Waals surface area (Å²) in [6.45, 7) is 0.00654. The van der Waals surface area contributed by atoms with Crippen LogP contribution in [0.2, 0.25) is 0 Å². The average molecular weight is 384 g/mol. The van der Waals surface area contributed by atoms with Gasteiger partial charge in [-0.3, -0.25) is 10.1 Å². The number of carbonyl (C=O) groups excluding carboxylic acids is 1. The van der Waals surface area contributed by atoms with Gasteiger partial charge in [0.25, 0.3) is 5.89 Å². The van der Waals surface area contributed by atoms with E-state index in [1.807, 2.05) is 30.3 Å². The lowest BCUT2D eigenvalue weighted by atomic mass is 10.1. The topological polar surface area (TPSA) is 80.1 Å². The molecule has 2 N–H and O–H groups in total. The van der Waals surface area contributed by atoms with E-state index >= 15 is 0 Å². The molecule has 8 heteroatoms. The third-order valence-electron chi connectivity index (χ3n) is 4.73. The van der Waals surface area contributed by atoms with Crippen LogP contribution in [0.25, 0.3) is 11.5 Å². The summed E-state index contributed by atoms with van der Waals surface area (Å²) in [6.07, 6.45) is 1.57. The summed E-state index contributed by atoms with van der Waals surface area (Å²) >= 11 is 0. The van der Waals surface area contributed by atoms with Crippen LogP contribution < -0.4 is 10.6 Å². The number of rotatable bonds is 5. The summed E-state index contributed by atoms with van der Waals surface area (Å²) in [7, 11) is 0. The standard InChI is InChI=1S/C20H18F2N4O2/c21-13-7-4-8-14(22)18(13)20-25-17(26-28-20)11-23-19(27)16-10-9-15(24-16)12-5-2-1-3-6-12/h1-8,15-16,24H,9-11H2,(H,23,27)/t15-,16-/m1/s1. The van der Waals surface area contributed by atoms with Gasteiger partial charge in [0.15, 0.2) is 5.82 Å². The Kier molecular flexibility index (Phi) is 5.12. The van der Waals surface area contributed by atoms with Crippen LogP contribution in [0.15, 0.2) is 53.1 Å². The van der Waals surface area contributed by atoms with E-state index in [2.05, 4.69) is 20.8 Å². The van der Waals surface area contributed by atoms with Gasteiger partial charge in [0, 0.05) is 6.04 Å². The number of nitrogens with zero attached hydrogens (tertiary/aromatic N) is 2. The van der Waals surface area contributed by atoms with Crippen LogP contribution in [0.5, 0.6) is 0 Å². The van der Waals surface area contributed by atoms with Crippen molar-refractivity contribution in [3.63, 3.8) is 0 Å². The molecule has 144 valence electrons. The van der Waals surface area contributed by atoms with Gasteiger partial charge in [-0.1, -0.05) is 41.6 Å². The van der Waals surface area contributed by atoms with Gasteiger partial charge in [-0.15, -0.1) is 0 Å². The third kappa shape index (κ3) is 3.77. The molecule has 2 aromatic carbocycles. The van der Waals surface area contributed by atoms with Crippen molar-refractivity contribution in [3.8, 4) is 11.5 Å². The summed E-state index contributed by atoms with van der Waals surface area (Å²) < 4.78 is 32.5. The van der Waals surface area contributed by atoms with Gasteiger partial charge in [-0.2, -0.15) is 4.98 Å². The number of hydrogen-bond donors (Lipinski definition) is 2. The van der Waals surface area contributed by atoms with Gasteiger partial charge < -0.3 is 9.84 Å². The summed E-state index contributed by atoms with van der Waals surface area (Å²) in [5.74, 6) is -1.88. The molecule has 2 atom stereocenters. The van der Waals surface area contributed by atoms with Gasteiger partial charge in [-0.25, -0.2) is 8.78 Å². The van der Waals surface area contributed by atoms with Crippen LogP contribution in [0.1, 0.15) is 30.3 Å². The van der Waals surface area contributed by atoms with E-state index in [0.29, 0.717) is 6.42 Å². The zero-order chi connectivity index (χ0) is 19.5. The van der Waals surface area contributed by atoms with E-state index in [9.17, 15) is 13.6 Å². The van der Waals surface area contributed by atoms with Crippen LogP contribution in [-0.2, 0) is 11.3 Å².